The van der Waals surface area contributed by atoms with E-state index in [1.54, 1.807) is 36.0 Å². The first-order chi connectivity index (χ1) is 15.5. The van der Waals surface area contributed by atoms with Gasteiger partial charge in [0.25, 0.3) is 5.91 Å². The fourth-order valence-corrected chi connectivity index (χ4v) is 4.80. The summed E-state index contributed by atoms with van der Waals surface area (Å²) in [5.41, 5.74) is 4.11. The zero-order chi connectivity index (χ0) is 22.5. The summed E-state index contributed by atoms with van der Waals surface area (Å²) in [5.74, 6) is 0.317. The molecule has 1 fully saturated rings. The lowest BCUT2D eigenvalue weighted by molar-refractivity contribution is -0.128. The predicted molar refractivity (Wildman–Crippen MR) is 127 cm³/mol. The number of amides is 2. The Labute approximate surface area is 196 Å². The van der Waals surface area contributed by atoms with Crippen molar-refractivity contribution in [3.05, 3.63) is 100 Å². The van der Waals surface area contributed by atoms with Crippen LogP contribution >= 0.6 is 23.4 Å². The molecule has 0 unspecified atom stereocenters. The van der Waals surface area contributed by atoms with Crippen molar-refractivity contribution in [3.8, 4) is 6.07 Å². The van der Waals surface area contributed by atoms with Gasteiger partial charge in [-0.1, -0.05) is 48.0 Å². The van der Waals surface area contributed by atoms with Crippen molar-refractivity contribution in [3.63, 3.8) is 0 Å². The van der Waals surface area contributed by atoms with Gasteiger partial charge in [-0.2, -0.15) is 5.26 Å². The molecular weight excluding hydrogens is 442 g/mol. The monoisotopic (exact) mass is 461 g/mol. The summed E-state index contributed by atoms with van der Waals surface area (Å²) in [6, 6.07) is 24.2. The lowest BCUT2D eigenvalue weighted by atomic mass is 10.1. The van der Waals surface area contributed by atoms with E-state index in [0.29, 0.717) is 35.0 Å². The predicted octanol–water partition coefficient (Wildman–Crippen LogP) is 5.43. The Balaban J connectivity index is 1.43. The fraction of sp³-hybridized carbons (Fsp3) is 0.160. The van der Waals surface area contributed by atoms with E-state index >= 15 is 0 Å². The van der Waals surface area contributed by atoms with Crippen molar-refractivity contribution in [2.75, 3.05) is 11.1 Å². The normalized spacial score (nSPS) is 15.4. The van der Waals surface area contributed by atoms with Gasteiger partial charge >= 0.3 is 0 Å². The molecular formula is C25H20ClN3O2S. The molecule has 3 aromatic carbocycles. The van der Waals surface area contributed by atoms with Crippen LogP contribution in [0.3, 0.4) is 0 Å². The Morgan fingerprint density at radius 2 is 1.69 bits per heavy atom. The van der Waals surface area contributed by atoms with Crippen molar-refractivity contribution in [1.82, 2.24) is 4.90 Å². The molecule has 1 heterocycles. The third kappa shape index (κ3) is 5.13. The number of nitrogens with zero attached hydrogens (tertiary/aromatic N) is 2. The van der Waals surface area contributed by atoms with Crippen LogP contribution < -0.4 is 5.32 Å². The highest BCUT2D eigenvalue weighted by Gasteiger charge is 2.32. The van der Waals surface area contributed by atoms with Gasteiger partial charge in [-0.3, -0.25) is 9.59 Å². The highest BCUT2D eigenvalue weighted by atomic mass is 35.5. The topological polar surface area (TPSA) is 73.2 Å². The fourth-order valence-electron chi connectivity index (χ4n) is 3.49. The van der Waals surface area contributed by atoms with Crippen LogP contribution in [0, 0.1) is 11.3 Å². The smallest absolute Gasteiger partial charge is 0.255 e. The Morgan fingerprint density at radius 1 is 1.03 bits per heavy atom. The minimum Gasteiger partial charge on any atom is -0.322 e. The van der Waals surface area contributed by atoms with Crippen molar-refractivity contribution in [2.45, 2.75) is 18.3 Å². The number of hydrogen-bond donors (Lipinski definition) is 1. The van der Waals surface area contributed by atoms with Gasteiger partial charge in [-0.15, -0.1) is 11.8 Å². The number of carbonyl (C=O) groups is 2. The van der Waals surface area contributed by atoms with Crippen LogP contribution in [0.4, 0.5) is 5.69 Å². The number of nitrogens with one attached hydrogen (secondary N) is 1. The quantitative estimate of drug-likeness (QED) is 0.531. The molecule has 4 rings (SSSR count). The van der Waals surface area contributed by atoms with Gasteiger partial charge in [0.05, 0.1) is 18.2 Å². The van der Waals surface area contributed by atoms with E-state index in [1.165, 1.54) is 0 Å². The van der Waals surface area contributed by atoms with Crippen LogP contribution in [0.15, 0.2) is 72.8 Å². The number of halogens is 1. The van der Waals surface area contributed by atoms with Crippen molar-refractivity contribution >= 4 is 40.9 Å². The molecule has 1 aliphatic heterocycles. The molecule has 5 nitrogen and oxygen atoms in total. The number of thioether (sulfide) groups is 1. The summed E-state index contributed by atoms with van der Waals surface area (Å²) in [6.45, 7) is 0.512. The second-order valence-corrected chi connectivity index (χ2v) is 8.92. The van der Waals surface area contributed by atoms with E-state index in [1.807, 2.05) is 53.4 Å². The summed E-state index contributed by atoms with van der Waals surface area (Å²) in [4.78, 5) is 26.9. The number of carbonyl (C=O) groups excluding carboxylic acids is 2. The molecule has 0 bridgehead atoms. The third-order valence-electron chi connectivity index (χ3n) is 5.19. The zero-order valence-corrected chi connectivity index (χ0v) is 18.7. The van der Waals surface area contributed by atoms with Gasteiger partial charge in [-0.05, 0) is 53.1 Å². The van der Waals surface area contributed by atoms with Crippen molar-refractivity contribution in [1.29, 1.82) is 5.26 Å². The summed E-state index contributed by atoms with van der Waals surface area (Å²) in [6.07, 6.45) is 0.340. The number of anilines is 1. The summed E-state index contributed by atoms with van der Waals surface area (Å²) in [5, 5.41) is 12.2. The molecule has 0 aliphatic carbocycles. The average molecular weight is 462 g/mol. The molecule has 160 valence electrons. The van der Waals surface area contributed by atoms with Crippen LogP contribution in [0.1, 0.15) is 32.4 Å². The zero-order valence-electron chi connectivity index (χ0n) is 17.1. The van der Waals surface area contributed by atoms with Crippen LogP contribution in [-0.4, -0.2) is 22.5 Å². The lowest BCUT2D eigenvalue weighted by Crippen LogP contribution is -2.27. The summed E-state index contributed by atoms with van der Waals surface area (Å²) < 4.78 is 0. The van der Waals surface area contributed by atoms with E-state index in [-0.39, 0.29) is 17.2 Å². The maximum absolute atomic E-state index is 12.6. The highest BCUT2D eigenvalue weighted by molar-refractivity contribution is 8.00. The van der Waals surface area contributed by atoms with Crippen LogP contribution in [0.25, 0.3) is 0 Å². The van der Waals surface area contributed by atoms with E-state index in [2.05, 4.69) is 11.4 Å². The molecule has 1 saturated heterocycles. The van der Waals surface area contributed by atoms with Gasteiger partial charge in [0, 0.05) is 22.8 Å². The molecule has 3 aromatic rings. The molecule has 1 N–H and O–H groups in total. The van der Waals surface area contributed by atoms with E-state index < -0.39 is 0 Å². The Morgan fingerprint density at radius 3 is 2.34 bits per heavy atom. The molecule has 7 heteroatoms. The molecule has 1 aliphatic rings. The largest absolute Gasteiger partial charge is 0.322 e. The van der Waals surface area contributed by atoms with Crippen molar-refractivity contribution < 1.29 is 9.59 Å². The van der Waals surface area contributed by atoms with Gasteiger partial charge in [0.1, 0.15) is 5.37 Å². The van der Waals surface area contributed by atoms with Gasteiger partial charge < -0.3 is 10.2 Å². The van der Waals surface area contributed by atoms with Gasteiger partial charge in [-0.25, -0.2) is 0 Å². The number of benzene rings is 3. The maximum atomic E-state index is 12.6. The van der Waals surface area contributed by atoms with E-state index in [9.17, 15) is 9.59 Å². The second-order valence-electron chi connectivity index (χ2n) is 7.42. The SMILES string of the molecule is N#CCc1ccc(NC(=O)c2ccc([C@H]3SCC(=O)N3Cc3ccc(Cl)cc3)cc2)cc1. The summed E-state index contributed by atoms with van der Waals surface area (Å²) in [7, 11) is 0. The molecule has 0 saturated carbocycles. The van der Waals surface area contributed by atoms with Gasteiger partial charge in [0.2, 0.25) is 5.91 Å². The van der Waals surface area contributed by atoms with Crippen LogP contribution in [0.5, 0.6) is 0 Å². The van der Waals surface area contributed by atoms with E-state index in [0.717, 1.165) is 16.7 Å². The first-order valence-corrected chi connectivity index (χ1v) is 11.5. The standard InChI is InChI=1S/C25H20ClN3O2S/c26-21-9-1-18(2-10-21)15-29-23(30)16-32-25(29)20-7-5-19(6-8-20)24(31)28-22-11-3-17(4-12-22)13-14-27/h1-12,25H,13,15-16H2,(H,28,31)/t25-/m1/s1. The van der Waals surface area contributed by atoms with Crippen LogP contribution in [-0.2, 0) is 17.8 Å². The number of rotatable bonds is 6. The second kappa shape index (κ2) is 9.90. The lowest BCUT2D eigenvalue weighted by Gasteiger charge is -2.24. The Hall–Kier alpha value is -3.27. The Bertz CT molecular complexity index is 1160. The van der Waals surface area contributed by atoms with Crippen molar-refractivity contribution in [2.24, 2.45) is 0 Å². The molecule has 32 heavy (non-hydrogen) atoms. The maximum Gasteiger partial charge on any atom is 0.255 e. The first-order valence-electron chi connectivity index (χ1n) is 10.1. The molecule has 2 amide bonds. The molecule has 0 radical (unpaired) electrons. The Kier molecular flexibility index (Phi) is 6.79. The molecule has 0 aromatic heterocycles. The molecule has 0 spiro atoms. The third-order valence-corrected chi connectivity index (χ3v) is 6.70. The summed E-state index contributed by atoms with van der Waals surface area (Å²) >= 11 is 7.55. The van der Waals surface area contributed by atoms with E-state index in [4.69, 9.17) is 16.9 Å². The molecule has 1 atom stereocenters. The number of hydrogen-bond acceptors (Lipinski definition) is 4. The highest BCUT2D eigenvalue weighted by Crippen LogP contribution is 2.39. The number of nitriles is 1. The minimum atomic E-state index is -0.210. The first kappa shape index (κ1) is 21.9. The minimum absolute atomic E-state index is 0.0941. The average Bonchev–Trinajstić information content (AvgIpc) is 3.17. The van der Waals surface area contributed by atoms with Gasteiger partial charge in [0.15, 0.2) is 0 Å². The van der Waals surface area contributed by atoms with Crippen LogP contribution in [0.2, 0.25) is 5.02 Å².